The molecule has 0 radical (unpaired) electrons. The van der Waals surface area contributed by atoms with Crippen molar-refractivity contribution in [2.75, 3.05) is 0 Å². The van der Waals surface area contributed by atoms with Crippen LogP contribution in [0.4, 0.5) is 4.39 Å². The zero-order valence-corrected chi connectivity index (χ0v) is 17.8. The lowest BCUT2D eigenvalue weighted by Crippen LogP contribution is -2.08. The van der Waals surface area contributed by atoms with Crippen molar-refractivity contribution in [3.63, 3.8) is 0 Å². The average Bonchev–Trinajstić information content (AvgIpc) is 3.38. The van der Waals surface area contributed by atoms with Crippen LogP contribution in [0, 0.1) is 17.1 Å². The molecule has 0 saturated carbocycles. The van der Waals surface area contributed by atoms with Gasteiger partial charge in [0.2, 0.25) is 11.7 Å². The smallest absolute Gasteiger partial charge is 0.259 e. The zero-order chi connectivity index (χ0) is 22.8. The van der Waals surface area contributed by atoms with Gasteiger partial charge in [0.25, 0.3) is 5.89 Å². The van der Waals surface area contributed by atoms with Gasteiger partial charge in [-0.2, -0.15) is 10.2 Å². The zero-order valence-electron chi connectivity index (χ0n) is 17.8. The highest BCUT2D eigenvalue weighted by Gasteiger charge is 2.20. The van der Waals surface area contributed by atoms with Crippen LogP contribution in [0.1, 0.15) is 31.4 Å². The summed E-state index contributed by atoms with van der Waals surface area (Å²) in [4.78, 5) is 19.4. The van der Waals surface area contributed by atoms with Crippen LogP contribution in [-0.2, 0) is 18.3 Å². The summed E-state index contributed by atoms with van der Waals surface area (Å²) in [7, 11) is 1.80. The van der Waals surface area contributed by atoms with Gasteiger partial charge in [0.1, 0.15) is 23.7 Å². The first-order valence-electron chi connectivity index (χ1n) is 10.0. The molecule has 0 unspecified atom stereocenters. The standard InChI is InChI=1S/C23H20FN5O3/c1-13(2)31-22-15(10-25)9-16(11-26-22)23-27-21(28-32-23)17-6-7-18(24)19-14(5-4-8-30)12-29(3)20(17)19/h6-9,11-13H,4-5H2,1-3H3. The van der Waals surface area contributed by atoms with Crippen LogP contribution >= 0.6 is 0 Å². The number of rotatable bonds is 7. The topological polar surface area (TPSA) is 107 Å². The Balaban J connectivity index is 1.76. The molecule has 0 bridgehead atoms. The maximum atomic E-state index is 14.6. The second-order valence-corrected chi connectivity index (χ2v) is 7.57. The van der Waals surface area contributed by atoms with Crippen LogP contribution in [0.15, 0.2) is 35.1 Å². The number of hydrogen-bond donors (Lipinski definition) is 0. The lowest BCUT2D eigenvalue weighted by molar-refractivity contribution is -0.107. The van der Waals surface area contributed by atoms with Crippen LogP contribution in [0.25, 0.3) is 33.7 Å². The van der Waals surface area contributed by atoms with Crippen molar-refractivity contribution in [2.24, 2.45) is 7.05 Å². The molecular weight excluding hydrogens is 413 g/mol. The fraction of sp³-hybridized carbons (Fsp3) is 0.261. The lowest BCUT2D eigenvalue weighted by atomic mass is 10.0. The van der Waals surface area contributed by atoms with Gasteiger partial charge in [-0.1, -0.05) is 5.16 Å². The Morgan fingerprint density at radius 3 is 2.91 bits per heavy atom. The monoisotopic (exact) mass is 433 g/mol. The minimum Gasteiger partial charge on any atom is -0.474 e. The fourth-order valence-corrected chi connectivity index (χ4v) is 3.60. The third kappa shape index (κ3) is 3.83. The molecule has 3 aromatic heterocycles. The number of fused-ring (bicyclic) bond motifs is 1. The molecule has 3 heterocycles. The van der Waals surface area contributed by atoms with Crippen LogP contribution in [0.3, 0.4) is 0 Å². The Morgan fingerprint density at radius 1 is 1.38 bits per heavy atom. The van der Waals surface area contributed by atoms with Gasteiger partial charge in [0, 0.05) is 36.8 Å². The summed E-state index contributed by atoms with van der Waals surface area (Å²) in [5.41, 5.74) is 2.65. The molecule has 0 aliphatic carbocycles. The molecule has 8 nitrogen and oxygen atoms in total. The number of pyridine rings is 1. The first kappa shape index (κ1) is 21.2. The SMILES string of the molecule is CC(C)Oc1ncc(-c2nc(-c3ccc(F)c4c(CCC=O)cn(C)c34)no2)cc1C#N. The van der Waals surface area contributed by atoms with E-state index >= 15 is 0 Å². The fourth-order valence-electron chi connectivity index (χ4n) is 3.60. The molecule has 32 heavy (non-hydrogen) atoms. The summed E-state index contributed by atoms with van der Waals surface area (Å²) in [6.07, 6.45) is 4.73. The minimum atomic E-state index is -0.377. The first-order chi connectivity index (χ1) is 15.4. The largest absolute Gasteiger partial charge is 0.474 e. The summed E-state index contributed by atoms with van der Waals surface area (Å²) < 4.78 is 27.4. The van der Waals surface area contributed by atoms with Crippen molar-refractivity contribution < 1.29 is 18.4 Å². The Kier molecular flexibility index (Phi) is 5.69. The number of nitriles is 1. The molecule has 1 aromatic carbocycles. The van der Waals surface area contributed by atoms with Crippen LogP contribution in [0.5, 0.6) is 5.88 Å². The van der Waals surface area contributed by atoms with E-state index in [1.165, 1.54) is 12.3 Å². The van der Waals surface area contributed by atoms with Crippen molar-refractivity contribution in [1.82, 2.24) is 19.7 Å². The Hall–Kier alpha value is -4.06. The molecular formula is C23H20FN5O3. The van der Waals surface area contributed by atoms with Crippen molar-refractivity contribution in [2.45, 2.75) is 32.8 Å². The summed E-state index contributed by atoms with van der Waals surface area (Å²) >= 11 is 0. The molecule has 162 valence electrons. The summed E-state index contributed by atoms with van der Waals surface area (Å²) in [6.45, 7) is 3.69. The molecule has 0 atom stereocenters. The van der Waals surface area contributed by atoms with Gasteiger partial charge < -0.3 is 18.6 Å². The summed E-state index contributed by atoms with van der Waals surface area (Å²) in [6, 6.07) is 6.58. The normalized spacial score (nSPS) is 11.1. The number of nitrogens with zero attached hydrogens (tertiary/aromatic N) is 5. The molecule has 0 fully saturated rings. The van der Waals surface area contributed by atoms with E-state index < -0.39 is 0 Å². The maximum Gasteiger partial charge on any atom is 0.259 e. The van der Waals surface area contributed by atoms with Crippen molar-refractivity contribution in [1.29, 1.82) is 5.26 Å². The number of hydrogen-bond acceptors (Lipinski definition) is 7. The van der Waals surface area contributed by atoms with Crippen molar-refractivity contribution in [3.05, 3.63) is 47.5 Å². The van der Waals surface area contributed by atoms with E-state index in [4.69, 9.17) is 9.26 Å². The second kappa shape index (κ2) is 8.59. The number of aromatic nitrogens is 4. The summed E-state index contributed by atoms with van der Waals surface area (Å²) in [5.74, 6) is 0.303. The Morgan fingerprint density at radius 2 is 2.19 bits per heavy atom. The molecule has 4 aromatic rings. The highest BCUT2D eigenvalue weighted by atomic mass is 19.1. The minimum absolute atomic E-state index is 0.127. The van der Waals surface area contributed by atoms with E-state index in [-0.39, 0.29) is 35.1 Å². The number of halogens is 1. The van der Waals surface area contributed by atoms with E-state index in [2.05, 4.69) is 21.2 Å². The van der Waals surface area contributed by atoms with Gasteiger partial charge >= 0.3 is 0 Å². The maximum absolute atomic E-state index is 14.6. The molecule has 0 spiro atoms. The van der Waals surface area contributed by atoms with E-state index in [9.17, 15) is 14.4 Å². The molecule has 0 aliphatic heterocycles. The number of benzene rings is 1. The predicted molar refractivity (Wildman–Crippen MR) is 114 cm³/mol. The highest BCUT2D eigenvalue weighted by Crippen LogP contribution is 2.34. The Labute approximate surface area is 183 Å². The third-order valence-corrected chi connectivity index (χ3v) is 4.91. The van der Waals surface area contributed by atoms with E-state index in [1.807, 2.05) is 13.8 Å². The number of carbonyl (C=O) groups is 1. The quantitative estimate of drug-likeness (QED) is 0.402. The number of carbonyl (C=O) groups excluding carboxylic acids is 1. The van der Waals surface area contributed by atoms with Crippen LogP contribution < -0.4 is 4.74 Å². The molecule has 0 amide bonds. The van der Waals surface area contributed by atoms with Gasteiger partial charge in [-0.25, -0.2) is 9.37 Å². The van der Waals surface area contributed by atoms with E-state index in [1.54, 1.807) is 29.9 Å². The molecule has 0 N–H and O–H groups in total. The van der Waals surface area contributed by atoms with Crippen molar-refractivity contribution >= 4 is 17.2 Å². The molecule has 0 aliphatic rings. The summed E-state index contributed by atoms with van der Waals surface area (Å²) in [5, 5.41) is 13.9. The average molecular weight is 433 g/mol. The molecule has 4 rings (SSSR count). The number of aldehydes is 1. The number of aryl methyl sites for hydroxylation is 2. The van der Waals surface area contributed by atoms with Gasteiger partial charge in [-0.3, -0.25) is 0 Å². The van der Waals surface area contributed by atoms with E-state index in [0.717, 1.165) is 11.8 Å². The van der Waals surface area contributed by atoms with Gasteiger partial charge in [-0.05, 0) is 44.0 Å². The first-order valence-corrected chi connectivity index (χ1v) is 10.0. The van der Waals surface area contributed by atoms with Gasteiger partial charge in [-0.15, -0.1) is 0 Å². The molecule has 0 saturated heterocycles. The number of ether oxygens (including phenoxy) is 1. The lowest BCUT2D eigenvalue weighted by Gasteiger charge is -2.09. The van der Waals surface area contributed by atoms with Gasteiger partial charge in [0.05, 0.1) is 17.2 Å². The second-order valence-electron chi connectivity index (χ2n) is 7.57. The van der Waals surface area contributed by atoms with E-state index in [0.29, 0.717) is 34.9 Å². The third-order valence-electron chi connectivity index (χ3n) is 4.91. The highest BCUT2D eigenvalue weighted by molar-refractivity contribution is 5.96. The van der Waals surface area contributed by atoms with Crippen LogP contribution in [-0.4, -0.2) is 32.1 Å². The van der Waals surface area contributed by atoms with Crippen LogP contribution in [0.2, 0.25) is 0 Å². The molecule has 9 heteroatoms. The van der Waals surface area contributed by atoms with Gasteiger partial charge in [0.15, 0.2) is 0 Å². The van der Waals surface area contributed by atoms with Crippen molar-refractivity contribution in [3.8, 4) is 34.8 Å². The predicted octanol–water partition coefficient (Wildman–Crippen LogP) is 4.22. The Bertz CT molecular complexity index is 1350.